The van der Waals surface area contributed by atoms with Crippen LogP contribution in [-0.2, 0) is 6.42 Å². The van der Waals surface area contributed by atoms with E-state index in [2.05, 4.69) is 41.4 Å². The average Bonchev–Trinajstić information content (AvgIpc) is 2.93. The predicted octanol–water partition coefficient (Wildman–Crippen LogP) is 3.00. The number of fused-ring (bicyclic) bond motifs is 1. The Morgan fingerprint density at radius 1 is 1.26 bits per heavy atom. The third kappa shape index (κ3) is 3.01. The minimum absolute atomic E-state index is 0.598. The van der Waals surface area contributed by atoms with Gasteiger partial charge in [-0.2, -0.15) is 0 Å². The van der Waals surface area contributed by atoms with Gasteiger partial charge in [0, 0.05) is 12.6 Å². The first-order chi connectivity index (χ1) is 9.36. The van der Waals surface area contributed by atoms with Crippen molar-refractivity contribution in [2.24, 2.45) is 5.92 Å². The van der Waals surface area contributed by atoms with E-state index in [4.69, 9.17) is 0 Å². The van der Waals surface area contributed by atoms with Crippen LogP contribution in [0.2, 0.25) is 0 Å². The maximum Gasteiger partial charge on any atom is 0.0323 e. The van der Waals surface area contributed by atoms with Gasteiger partial charge in [0.25, 0.3) is 0 Å². The second-order valence-corrected chi connectivity index (χ2v) is 6.10. The summed E-state index contributed by atoms with van der Waals surface area (Å²) in [6.45, 7) is 7.26. The molecular weight excluding hydrogens is 232 g/mol. The number of hydrogen-bond acceptors (Lipinski definition) is 2. The highest BCUT2D eigenvalue weighted by Crippen LogP contribution is 2.29. The second-order valence-electron chi connectivity index (χ2n) is 6.10. The number of likely N-dealkylation sites (tertiary alicyclic amines) is 1. The molecule has 1 aromatic carbocycles. The topological polar surface area (TPSA) is 15.3 Å². The van der Waals surface area contributed by atoms with Crippen molar-refractivity contribution >= 4 is 0 Å². The molecule has 1 heterocycles. The van der Waals surface area contributed by atoms with E-state index in [1.165, 1.54) is 51.9 Å². The lowest BCUT2D eigenvalue weighted by molar-refractivity contribution is 0.332. The summed E-state index contributed by atoms with van der Waals surface area (Å²) in [6, 6.07) is 9.59. The van der Waals surface area contributed by atoms with Gasteiger partial charge in [-0.25, -0.2) is 0 Å². The number of nitrogens with one attached hydrogen (secondary N) is 1. The summed E-state index contributed by atoms with van der Waals surface area (Å²) in [5.74, 6) is 0.856. The fourth-order valence-corrected chi connectivity index (χ4v) is 3.64. The van der Waals surface area contributed by atoms with Gasteiger partial charge >= 0.3 is 0 Å². The molecule has 1 N–H and O–H groups in total. The highest BCUT2D eigenvalue weighted by Gasteiger charge is 2.24. The van der Waals surface area contributed by atoms with Crippen molar-refractivity contribution in [3.63, 3.8) is 0 Å². The van der Waals surface area contributed by atoms with E-state index in [-0.39, 0.29) is 0 Å². The Morgan fingerprint density at radius 2 is 2.16 bits per heavy atom. The minimum atomic E-state index is 0.598. The van der Waals surface area contributed by atoms with Gasteiger partial charge in [-0.1, -0.05) is 31.2 Å². The molecule has 104 valence electrons. The van der Waals surface area contributed by atoms with Crippen molar-refractivity contribution in [3.05, 3.63) is 35.4 Å². The first-order valence-electron chi connectivity index (χ1n) is 7.90. The largest absolute Gasteiger partial charge is 0.310 e. The van der Waals surface area contributed by atoms with Gasteiger partial charge < -0.3 is 10.2 Å². The van der Waals surface area contributed by atoms with E-state index in [0.717, 1.165) is 5.92 Å². The predicted molar refractivity (Wildman–Crippen MR) is 80.3 cm³/mol. The molecule has 0 saturated carbocycles. The summed E-state index contributed by atoms with van der Waals surface area (Å²) < 4.78 is 0. The fourth-order valence-electron chi connectivity index (χ4n) is 3.64. The summed E-state index contributed by atoms with van der Waals surface area (Å²) in [5, 5.41) is 3.84. The van der Waals surface area contributed by atoms with E-state index in [0.29, 0.717) is 6.04 Å². The Balaban J connectivity index is 1.57. The van der Waals surface area contributed by atoms with Crippen LogP contribution in [0.5, 0.6) is 0 Å². The summed E-state index contributed by atoms with van der Waals surface area (Å²) in [5.41, 5.74) is 3.12. The number of hydrogen-bond donors (Lipinski definition) is 1. The summed E-state index contributed by atoms with van der Waals surface area (Å²) >= 11 is 0. The Labute approximate surface area is 117 Å². The summed E-state index contributed by atoms with van der Waals surface area (Å²) in [6.07, 6.45) is 5.28. The second kappa shape index (κ2) is 6.06. The van der Waals surface area contributed by atoms with Crippen LogP contribution in [0.4, 0.5) is 0 Å². The molecular formula is C17H26N2. The Morgan fingerprint density at radius 3 is 3.00 bits per heavy atom. The molecule has 1 saturated heterocycles. The van der Waals surface area contributed by atoms with Crippen LogP contribution in [-0.4, -0.2) is 31.1 Å². The smallest absolute Gasteiger partial charge is 0.0323 e. The molecule has 0 aromatic heterocycles. The van der Waals surface area contributed by atoms with Crippen LogP contribution >= 0.6 is 0 Å². The lowest BCUT2D eigenvalue weighted by atomic mass is 9.87. The molecule has 2 heteroatoms. The summed E-state index contributed by atoms with van der Waals surface area (Å²) in [7, 11) is 0. The number of aryl methyl sites for hydroxylation is 1. The van der Waals surface area contributed by atoms with Crippen molar-refractivity contribution in [1.82, 2.24) is 10.2 Å². The van der Waals surface area contributed by atoms with Crippen molar-refractivity contribution in [3.8, 4) is 0 Å². The molecule has 19 heavy (non-hydrogen) atoms. The van der Waals surface area contributed by atoms with E-state index in [1.807, 2.05) is 0 Å². The maximum absolute atomic E-state index is 3.84. The van der Waals surface area contributed by atoms with Crippen LogP contribution in [0.25, 0.3) is 0 Å². The van der Waals surface area contributed by atoms with Crippen molar-refractivity contribution in [2.45, 2.75) is 38.6 Å². The Hall–Kier alpha value is -0.860. The van der Waals surface area contributed by atoms with Gasteiger partial charge in [-0.3, -0.25) is 0 Å². The van der Waals surface area contributed by atoms with Gasteiger partial charge in [0.05, 0.1) is 0 Å². The first-order valence-corrected chi connectivity index (χ1v) is 7.90. The molecule has 2 atom stereocenters. The number of benzene rings is 1. The van der Waals surface area contributed by atoms with Crippen molar-refractivity contribution < 1.29 is 0 Å². The minimum Gasteiger partial charge on any atom is -0.310 e. The lowest BCUT2D eigenvalue weighted by Crippen LogP contribution is -2.31. The molecule has 1 aliphatic carbocycles. The average molecular weight is 258 g/mol. The van der Waals surface area contributed by atoms with E-state index in [1.54, 1.807) is 11.1 Å². The third-order valence-corrected chi connectivity index (χ3v) is 4.84. The van der Waals surface area contributed by atoms with Crippen LogP contribution < -0.4 is 5.32 Å². The first kappa shape index (κ1) is 13.1. The highest BCUT2D eigenvalue weighted by molar-refractivity contribution is 5.32. The summed E-state index contributed by atoms with van der Waals surface area (Å²) in [4.78, 5) is 2.57. The quantitative estimate of drug-likeness (QED) is 0.893. The Kier molecular flexibility index (Phi) is 4.19. The van der Waals surface area contributed by atoms with Crippen LogP contribution in [0.3, 0.4) is 0 Å². The zero-order chi connectivity index (χ0) is 13.1. The van der Waals surface area contributed by atoms with Gasteiger partial charge in [0.1, 0.15) is 0 Å². The van der Waals surface area contributed by atoms with Crippen LogP contribution in [0.1, 0.15) is 43.4 Å². The van der Waals surface area contributed by atoms with Crippen molar-refractivity contribution in [1.29, 1.82) is 0 Å². The van der Waals surface area contributed by atoms with Gasteiger partial charge in [-0.05, 0) is 62.4 Å². The van der Waals surface area contributed by atoms with Crippen LogP contribution in [0, 0.1) is 5.92 Å². The molecule has 0 radical (unpaired) electrons. The molecule has 2 unspecified atom stereocenters. The molecule has 2 aliphatic rings. The third-order valence-electron chi connectivity index (χ3n) is 4.84. The van der Waals surface area contributed by atoms with Gasteiger partial charge in [-0.15, -0.1) is 0 Å². The van der Waals surface area contributed by atoms with E-state index < -0.39 is 0 Å². The molecule has 0 bridgehead atoms. The van der Waals surface area contributed by atoms with E-state index >= 15 is 0 Å². The molecule has 3 rings (SSSR count). The molecule has 1 aliphatic heterocycles. The van der Waals surface area contributed by atoms with Gasteiger partial charge in [0.2, 0.25) is 0 Å². The normalized spacial score (nSPS) is 27.4. The molecule has 2 nitrogen and oxygen atoms in total. The van der Waals surface area contributed by atoms with E-state index in [9.17, 15) is 0 Å². The molecule has 1 aromatic rings. The SMILES string of the molecule is CCN1CCC(CNC2CCCc3ccccc32)C1. The zero-order valence-corrected chi connectivity index (χ0v) is 12.1. The molecule has 0 amide bonds. The molecule has 0 spiro atoms. The molecule has 1 fully saturated rings. The fraction of sp³-hybridized carbons (Fsp3) is 0.647. The van der Waals surface area contributed by atoms with Crippen molar-refractivity contribution in [2.75, 3.05) is 26.2 Å². The standard InChI is InChI=1S/C17H26N2/c1-2-19-11-10-14(13-19)12-18-17-9-5-7-15-6-3-4-8-16(15)17/h3-4,6,8,14,17-18H,2,5,7,9-13H2,1H3. The maximum atomic E-state index is 3.84. The number of nitrogens with zero attached hydrogens (tertiary/aromatic N) is 1. The monoisotopic (exact) mass is 258 g/mol. The Bertz CT molecular complexity index is 415. The van der Waals surface area contributed by atoms with Gasteiger partial charge in [0.15, 0.2) is 0 Å². The number of rotatable bonds is 4. The lowest BCUT2D eigenvalue weighted by Gasteiger charge is -2.27. The zero-order valence-electron chi connectivity index (χ0n) is 12.1. The van der Waals surface area contributed by atoms with Crippen LogP contribution in [0.15, 0.2) is 24.3 Å². The highest BCUT2D eigenvalue weighted by atomic mass is 15.1.